The van der Waals surface area contributed by atoms with Crippen molar-refractivity contribution in [3.8, 4) is 0 Å². The zero-order chi connectivity index (χ0) is 11.8. The average molecular weight is 239 g/mol. The molecule has 0 aromatic carbocycles. The third kappa shape index (κ3) is 2.55. The summed E-state index contributed by atoms with van der Waals surface area (Å²) in [6, 6.07) is 2.23. The Kier molecular flexibility index (Phi) is 2.93. The molecule has 1 amide bonds. The highest BCUT2D eigenvalue weighted by Crippen LogP contribution is 2.34. The Morgan fingerprint density at radius 3 is 3.00 bits per heavy atom. The Morgan fingerprint density at radius 1 is 1.56 bits per heavy atom. The van der Waals surface area contributed by atoms with Crippen LogP contribution in [0.2, 0.25) is 0 Å². The molecule has 0 fully saturated rings. The van der Waals surface area contributed by atoms with Gasteiger partial charge in [0.2, 0.25) is 0 Å². The van der Waals surface area contributed by atoms with Crippen LogP contribution in [0.4, 0.5) is 4.79 Å². The lowest BCUT2D eigenvalue weighted by molar-refractivity contribution is 0.0504. The number of aryl methyl sites for hydroxylation is 1. The number of alkyl carbamates (subject to hydrolysis) is 1. The molecule has 88 valence electrons. The number of rotatable bonds is 1. The van der Waals surface area contributed by atoms with E-state index in [1.54, 1.807) is 11.3 Å². The zero-order valence-electron chi connectivity index (χ0n) is 9.87. The lowest BCUT2D eigenvalue weighted by Crippen LogP contribution is -2.34. The number of nitrogens with one attached hydrogen (secondary N) is 1. The molecule has 1 N–H and O–H groups in total. The molecular formula is C12H17NO2S. The second-order valence-electron chi connectivity index (χ2n) is 5.04. The van der Waals surface area contributed by atoms with Crippen LogP contribution in [-0.2, 0) is 11.2 Å². The molecule has 0 bridgehead atoms. The highest BCUT2D eigenvalue weighted by atomic mass is 32.1. The minimum atomic E-state index is -0.430. The summed E-state index contributed by atoms with van der Waals surface area (Å²) < 4.78 is 5.24. The molecule has 1 unspecified atom stereocenters. The van der Waals surface area contributed by atoms with Crippen LogP contribution in [0.5, 0.6) is 0 Å². The molecule has 1 heterocycles. The Bertz CT molecular complexity index is 392. The van der Waals surface area contributed by atoms with E-state index in [9.17, 15) is 4.79 Å². The van der Waals surface area contributed by atoms with Crippen molar-refractivity contribution in [3.05, 3.63) is 21.9 Å². The van der Waals surface area contributed by atoms with Gasteiger partial charge in [-0.1, -0.05) is 0 Å². The SMILES string of the molecule is CC(C)(C)OC(=O)NC1CCc2sccc21. The molecule has 3 nitrogen and oxygen atoms in total. The second kappa shape index (κ2) is 4.09. The maximum absolute atomic E-state index is 11.6. The molecule has 4 heteroatoms. The molecular weight excluding hydrogens is 222 g/mol. The smallest absolute Gasteiger partial charge is 0.408 e. The van der Waals surface area contributed by atoms with Gasteiger partial charge in [-0.2, -0.15) is 0 Å². The maximum atomic E-state index is 11.6. The molecule has 1 aromatic rings. The summed E-state index contributed by atoms with van der Waals surface area (Å²) in [6.45, 7) is 5.62. The van der Waals surface area contributed by atoms with E-state index in [0.717, 1.165) is 12.8 Å². The highest BCUT2D eigenvalue weighted by molar-refractivity contribution is 7.10. The summed E-state index contributed by atoms with van der Waals surface area (Å²) in [7, 11) is 0. The number of ether oxygens (including phenoxy) is 1. The van der Waals surface area contributed by atoms with Gasteiger partial charge in [-0.15, -0.1) is 11.3 Å². The molecule has 0 radical (unpaired) electrons. The summed E-state index contributed by atoms with van der Waals surface area (Å²) in [5, 5.41) is 5.00. The van der Waals surface area contributed by atoms with E-state index in [2.05, 4.69) is 16.8 Å². The van der Waals surface area contributed by atoms with E-state index in [1.807, 2.05) is 20.8 Å². The van der Waals surface area contributed by atoms with Crippen LogP contribution < -0.4 is 5.32 Å². The van der Waals surface area contributed by atoms with Gasteiger partial charge in [-0.3, -0.25) is 0 Å². The predicted octanol–water partition coefficient (Wildman–Crippen LogP) is 3.26. The fourth-order valence-electron chi connectivity index (χ4n) is 1.89. The van der Waals surface area contributed by atoms with E-state index in [-0.39, 0.29) is 12.1 Å². The van der Waals surface area contributed by atoms with Gasteiger partial charge in [0, 0.05) is 4.88 Å². The van der Waals surface area contributed by atoms with Gasteiger partial charge in [0.1, 0.15) is 5.60 Å². The molecule has 0 spiro atoms. The van der Waals surface area contributed by atoms with Crippen LogP contribution in [0.3, 0.4) is 0 Å². The molecule has 1 atom stereocenters. The average Bonchev–Trinajstić information content (AvgIpc) is 2.66. The third-order valence-electron chi connectivity index (χ3n) is 2.51. The second-order valence-corrected chi connectivity index (χ2v) is 6.04. The number of fused-ring (bicyclic) bond motifs is 1. The number of carbonyl (C=O) groups excluding carboxylic acids is 1. The minimum absolute atomic E-state index is 0.135. The molecule has 0 saturated carbocycles. The number of hydrogen-bond donors (Lipinski definition) is 1. The number of amides is 1. The lowest BCUT2D eigenvalue weighted by Gasteiger charge is -2.21. The van der Waals surface area contributed by atoms with Crippen molar-refractivity contribution < 1.29 is 9.53 Å². The first-order chi connectivity index (χ1) is 7.46. The first kappa shape index (κ1) is 11.5. The fraction of sp³-hybridized carbons (Fsp3) is 0.583. The predicted molar refractivity (Wildman–Crippen MR) is 64.8 cm³/mol. The fourth-order valence-corrected chi connectivity index (χ4v) is 2.86. The summed E-state index contributed by atoms with van der Waals surface area (Å²) in [6.07, 6.45) is 1.73. The first-order valence-electron chi connectivity index (χ1n) is 5.51. The normalized spacial score (nSPS) is 19.3. The van der Waals surface area contributed by atoms with Gasteiger partial charge in [0.05, 0.1) is 6.04 Å². The molecule has 0 saturated heterocycles. The van der Waals surface area contributed by atoms with Crippen molar-refractivity contribution in [2.24, 2.45) is 0 Å². The van der Waals surface area contributed by atoms with Crippen molar-refractivity contribution in [3.63, 3.8) is 0 Å². The minimum Gasteiger partial charge on any atom is -0.444 e. The van der Waals surface area contributed by atoms with Crippen molar-refractivity contribution in [2.75, 3.05) is 0 Å². The molecule has 1 aromatic heterocycles. The van der Waals surface area contributed by atoms with Crippen molar-refractivity contribution in [2.45, 2.75) is 45.3 Å². The molecule has 0 aliphatic heterocycles. The molecule has 2 rings (SSSR count). The Hall–Kier alpha value is -1.03. The van der Waals surface area contributed by atoms with E-state index in [1.165, 1.54) is 10.4 Å². The van der Waals surface area contributed by atoms with Crippen LogP contribution in [-0.4, -0.2) is 11.7 Å². The van der Waals surface area contributed by atoms with Gasteiger partial charge in [0.25, 0.3) is 0 Å². The number of thiophene rings is 1. The first-order valence-corrected chi connectivity index (χ1v) is 6.39. The molecule has 16 heavy (non-hydrogen) atoms. The van der Waals surface area contributed by atoms with Crippen LogP contribution >= 0.6 is 11.3 Å². The van der Waals surface area contributed by atoms with Crippen LogP contribution in [0, 0.1) is 0 Å². The maximum Gasteiger partial charge on any atom is 0.408 e. The highest BCUT2D eigenvalue weighted by Gasteiger charge is 2.26. The van der Waals surface area contributed by atoms with E-state index in [4.69, 9.17) is 4.74 Å². The van der Waals surface area contributed by atoms with Crippen molar-refractivity contribution in [1.82, 2.24) is 5.32 Å². The zero-order valence-corrected chi connectivity index (χ0v) is 10.7. The number of hydrogen-bond acceptors (Lipinski definition) is 3. The topological polar surface area (TPSA) is 38.3 Å². The van der Waals surface area contributed by atoms with Gasteiger partial charge < -0.3 is 10.1 Å². The molecule has 1 aliphatic rings. The quantitative estimate of drug-likeness (QED) is 0.817. The Labute approximate surface area is 99.8 Å². The summed E-state index contributed by atoms with van der Waals surface area (Å²) in [5.41, 5.74) is 0.830. The Morgan fingerprint density at radius 2 is 2.31 bits per heavy atom. The summed E-state index contributed by atoms with van der Waals surface area (Å²) >= 11 is 1.76. The van der Waals surface area contributed by atoms with Gasteiger partial charge in [-0.05, 0) is 50.6 Å². The van der Waals surface area contributed by atoms with E-state index < -0.39 is 5.60 Å². The summed E-state index contributed by atoms with van der Waals surface area (Å²) in [4.78, 5) is 13.0. The summed E-state index contributed by atoms with van der Waals surface area (Å²) in [5.74, 6) is 0. The van der Waals surface area contributed by atoms with Crippen molar-refractivity contribution in [1.29, 1.82) is 0 Å². The van der Waals surface area contributed by atoms with Gasteiger partial charge >= 0.3 is 6.09 Å². The third-order valence-corrected chi connectivity index (χ3v) is 3.50. The monoisotopic (exact) mass is 239 g/mol. The van der Waals surface area contributed by atoms with Gasteiger partial charge in [0.15, 0.2) is 0 Å². The van der Waals surface area contributed by atoms with E-state index >= 15 is 0 Å². The van der Waals surface area contributed by atoms with Crippen LogP contribution in [0.15, 0.2) is 11.4 Å². The van der Waals surface area contributed by atoms with E-state index in [0.29, 0.717) is 0 Å². The largest absolute Gasteiger partial charge is 0.444 e. The van der Waals surface area contributed by atoms with Gasteiger partial charge in [-0.25, -0.2) is 4.79 Å². The standard InChI is InChI=1S/C12H17NO2S/c1-12(2,3)15-11(14)13-9-4-5-10-8(9)6-7-16-10/h6-7,9H,4-5H2,1-3H3,(H,13,14). The number of carbonyl (C=O) groups is 1. The van der Waals surface area contributed by atoms with Crippen LogP contribution in [0.25, 0.3) is 0 Å². The lowest BCUT2D eigenvalue weighted by atomic mass is 10.2. The van der Waals surface area contributed by atoms with Crippen LogP contribution in [0.1, 0.15) is 43.7 Å². The van der Waals surface area contributed by atoms with Crippen molar-refractivity contribution >= 4 is 17.4 Å². The Balaban J connectivity index is 1.95. The molecule has 1 aliphatic carbocycles.